The molecule has 0 saturated carbocycles. The third kappa shape index (κ3) is 3.76. The SMILES string of the molecule is Cc1cc(S(=O)(=O)O)c(NC(=O)Nc2cc3ccccc3[nH]2)cc1Cl. The van der Waals surface area contributed by atoms with Gasteiger partial charge in [0.15, 0.2) is 0 Å². The molecule has 4 N–H and O–H groups in total. The van der Waals surface area contributed by atoms with Crippen molar-refractivity contribution < 1.29 is 17.8 Å². The highest BCUT2D eigenvalue weighted by atomic mass is 35.5. The lowest BCUT2D eigenvalue weighted by atomic mass is 10.2. The number of fused-ring (bicyclic) bond motifs is 1. The van der Waals surface area contributed by atoms with E-state index < -0.39 is 21.0 Å². The molecule has 1 aromatic heterocycles. The fraction of sp³-hybridized carbons (Fsp3) is 0.0625. The highest BCUT2D eigenvalue weighted by molar-refractivity contribution is 7.86. The highest BCUT2D eigenvalue weighted by Gasteiger charge is 2.19. The van der Waals surface area contributed by atoms with Gasteiger partial charge in [-0.05, 0) is 36.8 Å². The van der Waals surface area contributed by atoms with Crippen LogP contribution in [0.15, 0.2) is 47.4 Å². The number of hydrogen-bond donors (Lipinski definition) is 4. The number of aryl methyl sites for hydroxylation is 1. The molecule has 0 aliphatic carbocycles. The van der Waals surface area contributed by atoms with Gasteiger partial charge in [-0.3, -0.25) is 9.87 Å². The molecule has 9 heteroatoms. The van der Waals surface area contributed by atoms with Crippen molar-refractivity contribution in [1.82, 2.24) is 4.98 Å². The molecule has 0 fully saturated rings. The van der Waals surface area contributed by atoms with E-state index in [1.807, 2.05) is 24.3 Å². The number of amides is 2. The monoisotopic (exact) mass is 379 g/mol. The third-order valence-electron chi connectivity index (χ3n) is 3.57. The third-order valence-corrected chi connectivity index (χ3v) is 4.87. The Morgan fingerprint density at radius 3 is 2.56 bits per heavy atom. The molecule has 0 radical (unpaired) electrons. The number of para-hydroxylation sites is 1. The van der Waals surface area contributed by atoms with Crippen molar-refractivity contribution in [2.45, 2.75) is 11.8 Å². The quantitative estimate of drug-likeness (QED) is 0.515. The number of carbonyl (C=O) groups excluding carboxylic acids is 1. The van der Waals surface area contributed by atoms with Gasteiger partial charge in [0.2, 0.25) is 0 Å². The fourth-order valence-corrected chi connectivity index (χ4v) is 3.26. The first-order valence-electron chi connectivity index (χ1n) is 7.17. The Kier molecular flexibility index (Phi) is 4.42. The first kappa shape index (κ1) is 17.3. The normalized spacial score (nSPS) is 11.5. The zero-order valence-corrected chi connectivity index (χ0v) is 14.6. The Labute approximate surface area is 148 Å². The number of halogens is 1. The van der Waals surface area contributed by atoms with Gasteiger partial charge in [0.1, 0.15) is 10.7 Å². The van der Waals surface area contributed by atoms with Crippen LogP contribution in [0.25, 0.3) is 10.9 Å². The minimum absolute atomic E-state index is 0.119. The first-order chi connectivity index (χ1) is 11.7. The summed E-state index contributed by atoms with van der Waals surface area (Å²) in [6.07, 6.45) is 0. The van der Waals surface area contributed by atoms with E-state index in [1.54, 1.807) is 13.0 Å². The molecule has 1 heterocycles. The molecule has 2 amide bonds. The van der Waals surface area contributed by atoms with Crippen LogP contribution in [0.4, 0.5) is 16.3 Å². The van der Waals surface area contributed by atoms with Crippen LogP contribution < -0.4 is 10.6 Å². The largest absolute Gasteiger partial charge is 0.341 e. The highest BCUT2D eigenvalue weighted by Crippen LogP contribution is 2.28. The summed E-state index contributed by atoms with van der Waals surface area (Å²) in [4.78, 5) is 14.8. The number of benzene rings is 2. The van der Waals surface area contributed by atoms with E-state index in [2.05, 4.69) is 15.6 Å². The number of aromatic nitrogens is 1. The number of nitrogens with one attached hydrogen (secondary N) is 3. The zero-order valence-electron chi connectivity index (χ0n) is 13.0. The minimum atomic E-state index is -4.52. The van der Waals surface area contributed by atoms with E-state index in [9.17, 15) is 17.8 Å². The van der Waals surface area contributed by atoms with Crippen LogP contribution in [0.2, 0.25) is 5.02 Å². The van der Waals surface area contributed by atoms with Crippen LogP contribution in [-0.4, -0.2) is 24.0 Å². The minimum Gasteiger partial charge on any atom is -0.341 e. The predicted octanol–water partition coefficient (Wildman–Crippen LogP) is 4.02. The smallest absolute Gasteiger partial charge is 0.324 e. The molecular formula is C16H14ClN3O4S. The molecule has 0 unspecified atom stereocenters. The molecule has 2 aromatic carbocycles. The number of hydrogen-bond acceptors (Lipinski definition) is 3. The number of aromatic amines is 1. The second-order valence-corrected chi connectivity index (χ2v) is 7.22. The summed E-state index contributed by atoms with van der Waals surface area (Å²) in [5.74, 6) is 0.435. The lowest BCUT2D eigenvalue weighted by Crippen LogP contribution is -2.21. The van der Waals surface area contributed by atoms with Crippen molar-refractivity contribution in [3.8, 4) is 0 Å². The molecule has 130 valence electrons. The van der Waals surface area contributed by atoms with Gasteiger partial charge in [-0.15, -0.1) is 0 Å². The van der Waals surface area contributed by atoms with E-state index in [4.69, 9.17) is 11.6 Å². The van der Waals surface area contributed by atoms with Gasteiger partial charge in [-0.1, -0.05) is 29.8 Å². The number of urea groups is 1. The molecule has 7 nitrogen and oxygen atoms in total. The summed E-state index contributed by atoms with van der Waals surface area (Å²) in [6.45, 7) is 1.59. The van der Waals surface area contributed by atoms with Crippen molar-refractivity contribution in [2.75, 3.05) is 10.6 Å². The standard InChI is InChI=1S/C16H14ClN3O4S/c1-9-6-14(25(22,23)24)13(8-11(9)17)19-16(21)20-15-7-10-4-2-3-5-12(10)18-15/h2-8,18H,1H3,(H2,19,20,21)(H,22,23,24). The van der Waals surface area contributed by atoms with Crippen molar-refractivity contribution >= 4 is 50.2 Å². The van der Waals surface area contributed by atoms with Crippen LogP contribution in [0.1, 0.15) is 5.56 Å². The Balaban J connectivity index is 1.86. The Morgan fingerprint density at radius 1 is 1.16 bits per heavy atom. The van der Waals surface area contributed by atoms with Crippen LogP contribution in [0.3, 0.4) is 0 Å². The number of carbonyl (C=O) groups is 1. The lowest BCUT2D eigenvalue weighted by Gasteiger charge is -2.11. The van der Waals surface area contributed by atoms with Gasteiger partial charge in [-0.2, -0.15) is 8.42 Å². The van der Waals surface area contributed by atoms with Gasteiger partial charge >= 0.3 is 6.03 Å². The molecule has 25 heavy (non-hydrogen) atoms. The molecule has 0 spiro atoms. The van der Waals surface area contributed by atoms with Gasteiger partial charge in [0.05, 0.1) is 5.69 Å². The molecular weight excluding hydrogens is 366 g/mol. The van der Waals surface area contributed by atoms with Crippen molar-refractivity contribution in [2.24, 2.45) is 0 Å². The molecule has 0 saturated heterocycles. The topological polar surface area (TPSA) is 111 Å². The average molecular weight is 380 g/mol. The average Bonchev–Trinajstić information content (AvgIpc) is 2.91. The Hall–Kier alpha value is -2.55. The molecule has 3 aromatic rings. The summed E-state index contributed by atoms with van der Waals surface area (Å²) < 4.78 is 32.4. The number of rotatable bonds is 3. The molecule has 0 aliphatic rings. The van der Waals surface area contributed by atoms with Crippen molar-refractivity contribution in [3.05, 3.63) is 53.1 Å². The summed E-state index contributed by atoms with van der Waals surface area (Å²) >= 11 is 5.98. The van der Waals surface area contributed by atoms with E-state index >= 15 is 0 Å². The fourth-order valence-electron chi connectivity index (χ4n) is 2.38. The second-order valence-electron chi connectivity index (χ2n) is 5.42. The maximum atomic E-state index is 12.2. The lowest BCUT2D eigenvalue weighted by molar-refractivity contribution is 0.262. The Bertz CT molecular complexity index is 1040. The Morgan fingerprint density at radius 2 is 1.88 bits per heavy atom. The number of anilines is 2. The summed E-state index contributed by atoms with van der Waals surface area (Å²) in [5, 5.41) is 6.12. The second kappa shape index (κ2) is 6.40. The molecule has 0 bridgehead atoms. The van der Waals surface area contributed by atoms with E-state index in [-0.39, 0.29) is 10.7 Å². The van der Waals surface area contributed by atoms with E-state index in [0.29, 0.717) is 11.4 Å². The van der Waals surface area contributed by atoms with Crippen LogP contribution >= 0.6 is 11.6 Å². The van der Waals surface area contributed by atoms with Crippen LogP contribution in [0, 0.1) is 6.92 Å². The van der Waals surface area contributed by atoms with Crippen LogP contribution in [0.5, 0.6) is 0 Å². The maximum Gasteiger partial charge on any atom is 0.324 e. The maximum absolute atomic E-state index is 12.2. The summed E-state index contributed by atoms with van der Waals surface area (Å²) in [5.41, 5.74) is 1.18. The first-order valence-corrected chi connectivity index (χ1v) is 8.99. The molecule has 3 rings (SSSR count). The van der Waals surface area contributed by atoms with Crippen LogP contribution in [-0.2, 0) is 10.1 Å². The van der Waals surface area contributed by atoms with E-state index in [0.717, 1.165) is 10.9 Å². The van der Waals surface area contributed by atoms with Gasteiger partial charge < -0.3 is 10.3 Å². The van der Waals surface area contributed by atoms with Crippen molar-refractivity contribution in [1.29, 1.82) is 0 Å². The van der Waals surface area contributed by atoms with Gasteiger partial charge in [0, 0.05) is 15.9 Å². The molecule has 0 aliphatic heterocycles. The molecule has 0 atom stereocenters. The summed E-state index contributed by atoms with van der Waals surface area (Å²) in [6, 6.07) is 11.0. The number of H-pyrrole nitrogens is 1. The summed E-state index contributed by atoms with van der Waals surface area (Å²) in [7, 11) is -4.52. The predicted molar refractivity (Wildman–Crippen MR) is 96.9 cm³/mol. The van der Waals surface area contributed by atoms with Gasteiger partial charge in [-0.25, -0.2) is 4.79 Å². The van der Waals surface area contributed by atoms with Crippen molar-refractivity contribution in [3.63, 3.8) is 0 Å². The van der Waals surface area contributed by atoms with E-state index in [1.165, 1.54) is 12.1 Å². The zero-order chi connectivity index (χ0) is 18.2. The van der Waals surface area contributed by atoms with Gasteiger partial charge in [0.25, 0.3) is 10.1 Å².